The number of nitrogens with zero attached hydrogens (tertiary/aromatic N) is 4. The zero-order valence-corrected chi connectivity index (χ0v) is 19.9. The molecule has 0 bridgehead atoms. The third kappa shape index (κ3) is 5.07. The van der Waals surface area contributed by atoms with Crippen LogP contribution >= 0.6 is 23.8 Å². The van der Waals surface area contributed by atoms with Crippen LogP contribution in [-0.4, -0.2) is 37.6 Å². The van der Waals surface area contributed by atoms with Gasteiger partial charge >= 0.3 is 0 Å². The summed E-state index contributed by atoms with van der Waals surface area (Å²) in [4.78, 5) is 29.6. The molecule has 4 rings (SSSR count). The summed E-state index contributed by atoms with van der Waals surface area (Å²) in [5.41, 5.74) is 3.26. The molecule has 1 fully saturated rings. The number of anilines is 2. The second-order valence-electron chi connectivity index (χ2n) is 7.90. The largest absolute Gasteiger partial charge is 0.331 e. The summed E-state index contributed by atoms with van der Waals surface area (Å²) in [7, 11) is 0. The Morgan fingerprint density at radius 1 is 1.21 bits per heavy atom. The van der Waals surface area contributed by atoms with Gasteiger partial charge in [-0.15, -0.1) is 0 Å². The molecule has 2 aromatic carbocycles. The molecule has 1 aromatic heterocycles. The first-order chi connectivity index (χ1) is 15.9. The molecule has 1 atom stereocenters. The molecule has 0 aliphatic carbocycles. The summed E-state index contributed by atoms with van der Waals surface area (Å²) in [6.07, 6.45) is 3.65. The van der Waals surface area contributed by atoms with Crippen molar-refractivity contribution < 1.29 is 9.59 Å². The Bertz CT molecular complexity index is 1190. The van der Waals surface area contributed by atoms with Crippen molar-refractivity contribution in [2.75, 3.05) is 10.2 Å². The number of hydrogen-bond acceptors (Lipinski definition) is 4. The third-order valence-corrected chi connectivity index (χ3v) is 6.12. The zero-order chi connectivity index (χ0) is 23.5. The van der Waals surface area contributed by atoms with E-state index in [1.54, 1.807) is 35.4 Å². The highest BCUT2D eigenvalue weighted by atomic mass is 35.5. The van der Waals surface area contributed by atoms with Crippen LogP contribution in [0.1, 0.15) is 24.5 Å². The van der Waals surface area contributed by atoms with Gasteiger partial charge < -0.3 is 10.2 Å². The van der Waals surface area contributed by atoms with Gasteiger partial charge in [0.25, 0.3) is 5.91 Å². The van der Waals surface area contributed by atoms with Crippen molar-refractivity contribution in [3.05, 3.63) is 77.1 Å². The summed E-state index contributed by atoms with van der Waals surface area (Å²) in [6, 6.07) is 13.7. The SMILES string of the molecule is CCn1cc(CN2C(=S)N(c3ccc(Cl)cc3)C(=O)[C@H]2CC(=O)Nc2cccc(C)c2)cn1. The molecule has 170 valence electrons. The van der Waals surface area contributed by atoms with E-state index in [-0.39, 0.29) is 18.2 Å². The molecule has 3 aromatic rings. The Morgan fingerprint density at radius 2 is 1.97 bits per heavy atom. The standard InChI is InChI=1S/C24H24ClN5O2S/c1-3-28-14-17(13-26-28)15-29-21(12-22(31)27-19-6-4-5-16(2)11-19)23(32)30(24(29)33)20-9-7-18(25)8-10-20/h4-11,13-14,21H,3,12,15H2,1-2H3,(H,27,31)/t21-/m1/s1. The second-order valence-corrected chi connectivity index (χ2v) is 8.70. The number of hydrogen-bond donors (Lipinski definition) is 1. The molecule has 0 unspecified atom stereocenters. The molecule has 1 aliphatic heterocycles. The summed E-state index contributed by atoms with van der Waals surface area (Å²) in [5.74, 6) is -0.501. The van der Waals surface area contributed by atoms with E-state index in [2.05, 4.69) is 10.4 Å². The Balaban J connectivity index is 1.59. The van der Waals surface area contributed by atoms with E-state index in [1.807, 2.05) is 49.0 Å². The molecule has 1 aliphatic rings. The highest BCUT2D eigenvalue weighted by Gasteiger charge is 2.44. The van der Waals surface area contributed by atoms with Crippen LogP contribution in [0.25, 0.3) is 0 Å². The first-order valence-corrected chi connectivity index (χ1v) is 11.4. The topological polar surface area (TPSA) is 70.5 Å². The molecule has 0 spiro atoms. The monoisotopic (exact) mass is 481 g/mol. The highest BCUT2D eigenvalue weighted by molar-refractivity contribution is 7.80. The van der Waals surface area contributed by atoms with Gasteiger partial charge in [-0.3, -0.25) is 19.2 Å². The van der Waals surface area contributed by atoms with E-state index in [0.29, 0.717) is 28.1 Å². The maximum absolute atomic E-state index is 13.5. The number of amides is 2. The van der Waals surface area contributed by atoms with E-state index in [1.165, 1.54) is 4.90 Å². The van der Waals surface area contributed by atoms with Crippen molar-refractivity contribution in [3.8, 4) is 0 Å². The summed E-state index contributed by atoms with van der Waals surface area (Å²) >= 11 is 11.7. The number of carbonyl (C=O) groups is 2. The first kappa shape index (κ1) is 22.9. The number of aromatic nitrogens is 2. The third-order valence-electron chi connectivity index (χ3n) is 5.45. The minimum Gasteiger partial charge on any atom is -0.331 e. The van der Waals surface area contributed by atoms with Crippen LogP contribution in [0.2, 0.25) is 5.02 Å². The molecule has 1 N–H and O–H groups in total. The summed E-state index contributed by atoms with van der Waals surface area (Å²) in [6.45, 7) is 5.07. The Labute approximate surface area is 202 Å². The van der Waals surface area contributed by atoms with Gasteiger partial charge in [0.15, 0.2) is 5.11 Å². The molecule has 2 amide bonds. The number of rotatable bonds is 7. The summed E-state index contributed by atoms with van der Waals surface area (Å²) in [5, 5.41) is 8.11. The van der Waals surface area contributed by atoms with Gasteiger partial charge in [0, 0.05) is 35.6 Å². The fourth-order valence-electron chi connectivity index (χ4n) is 3.81. The molecular formula is C24H24ClN5O2S. The predicted octanol–water partition coefficient (Wildman–Crippen LogP) is 4.40. The van der Waals surface area contributed by atoms with Crippen LogP contribution in [0.4, 0.5) is 11.4 Å². The van der Waals surface area contributed by atoms with Crippen molar-refractivity contribution in [1.29, 1.82) is 0 Å². The number of nitrogens with one attached hydrogen (secondary N) is 1. The fraction of sp³-hybridized carbons (Fsp3) is 0.250. The summed E-state index contributed by atoms with van der Waals surface area (Å²) < 4.78 is 1.81. The van der Waals surface area contributed by atoms with Crippen LogP contribution in [0.5, 0.6) is 0 Å². The van der Waals surface area contributed by atoms with Crippen LogP contribution < -0.4 is 10.2 Å². The fourth-order valence-corrected chi connectivity index (χ4v) is 4.32. The van der Waals surface area contributed by atoms with Gasteiger partial charge in [-0.1, -0.05) is 23.7 Å². The van der Waals surface area contributed by atoms with E-state index in [9.17, 15) is 9.59 Å². The van der Waals surface area contributed by atoms with Gasteiger partial charge in [-0.2, -0.15) is 5.10 Å². The molecule has 33 heavy (non-hydrogen) atoms. The normalized spacial score (nSPS) is 15.9. The minimum atomic E-state index is -0.733. The van der Waals surface area contributed by atoms with Crippen LogP contribution in [0.15, 0.2) is 60.9 Å². The lowest BCUT2D eigenvalue weighted by molar-refractivity contribution is -0.124. The van der Waals surface area contributed by atoms with E-state index in [0.717, 1.165) is 17.7 Å². The lowest BCUT2D eigenvalue weighted by Crippen LogP contribution is -2.37. The van der Waals surface area contributed by atoms with Crippen molar-refractivity contribution >= 4 is 52.1 Å². The van der Waals surface area contributed by atoms with Gasteiger partial charge in [0.2, 0.25) is 5.91 Å². The number of benzene rings is 2. The smallest absolute Gasteiger partial charge is 0.256 e. The highest BCUT2D eigenvalue weighted by Crippen LogP contribution is 2.29. The van der Waals surface area contributed by atoms with Crippen molar-refractivity contribution in [2.45, 2.75) is 39.4 Å². The van der Waals surface area contributed by atoms with Crippen LogP contribution in [-0.2, 0) is 22.7 Å². The maximum atomic E-state index is 13.5. The number of aryl methyl sites for hydroxylation is 2. The minimum absolute atomic E-state index is 0.0288. The first-order valence-electron chi connectivity index (χ1n) is 10.6. The van der Waals surface area contributed by atoms with Crippen LogP contribution in [0.3, 0.4) is 0 Å². The van der Waals surface area contributed by atoms with Gasteiger partial charge in [-0.05, 0) is 68.0 Å². The van der Waals surface area contributed by atoms with E-state index in [4.69, 9.17) is 23.8 Å². The lowest BCUT2D eigenvalue weighted by atomic mass is 10.1. The van der Waals surface area contributed by atoms with Gasteiger partial charge in [0.1, 0.15) is 6.04 Å². The molecular weight excluding hydrogens is 458 g/mol. The van der Waals surface area contributed by atoms with E-state index < -0.39 is 6.04 Å². The van der Waals surface area contributed by atoms with Gasteiger partial charge in [-0.25, -0.2) is 0 Å². The average Bonchev–Trinajstić information content (AvgIpc) is 3.33. The van der Waals surface area contributed by atoms with Crippen molar-refractivity contribution in [2.24, 2.45) is 0 Å². The Hall–Kier alpha value is -3.23. The molecule has 2 heterocycles. The molecule has 1 saturated heterocycles. The molecule has 0 radical (unpaired) electrons. The van der Waals surface area contributed by atoms with Crippen molar-refractivity contribution in [1.82, 2.24) is 14.7 Å². The number of halogens is 1. The number of carbonyl (C=O) groups excluding carboxylic acids is 2. The zero-order valence-electron chi connectivity index (χ0n) is 18.4. The quantitative estimate of drug-likeness (QED) is 0.506. The Kier molecular flexibility index (Phi) is 6.76. The van der Waals surface area contributed by atoms with Crippen LogP contribution in [0, 0.1) is 6.92 Å². The molecule has 0 saturated carbocycles. The number of thiocarbonyl (C=S) groups is 1. The molecule has 9 heteroatoms. The average molecular weight is 482 g/mol. The predicted molar refractivity (Wildman–Crippen MR) is 133 cm³/mol. The Morgan fingerprint density at radius 3 is 2.64 bits per heavy atom. The van der Waals surface area contributed by atoms with Gasteiger partial charge in [0.05, 0.1) is 18.3 Å². The van der Waals surface area contributed by atoms with Crippen molar-refractivity contribution in [3.63, 3.8) is 0 Å². The molecule has 7 nitrogen and oxygen atoms in total. The lowest BCUT2D eigenvalue weighted by Gasteiger charge is -2.23. The van der Waals surface area contributed by atoms with E-state index >= 15 is 0 Å². The maximum Gasteiger partial charge on any atom is 0.256 e. The second kappa shape index (κ2) is 9.72.